The first-order chi connectivity index (χ1) is 6.65. The van der Waals surface area contributed by atoms with Gasteiger partial charge in [-0.1, -0.05) is 44.0 Å². The number of hydrogen-bond donors (Lipinski definition) is 0. The van der Waals surface area contributed by atoms with Crippen molar-refractivity contribution in [1.29, 1.82) is 0 Å². The lowest BCUT2D eigenvalue weighted by atomic mass is 9.85. The summed E-state index contributed by atoms with van der Waals surface area (Å²) in [6.07, 6.45) is 4.07. The van der Waals surface area contributed by atoms with E-state index in [1.807, 2.05) is 13.2 Å². The van der Waals surface area contributed by atoms with Gasteiger partial charge >= 0.3 is 0 Å². The highest BCUT2D eigenvalue weighted by atomic mass is 79.9. The van der Waals surface area contributed by atoms with Crippen LogP contribution in [0, 0.1) is 5.41 Å². The van der Waals surface area contributed by atoms with Gasteiger partial charge in [-0.2, -0.15) is 0 Å². The van der Waals surface area contributed by atoms with Gasteiger partial charge in [0.1, 0.15) is 0 Å². The minimum Gasteiger partial charge on any atom is -0.255 e. The fourth-order valence-electron chi connectivity index (χ4n) is 1.30. The van der Waals surface area contributed by atoms with Crippen LogP contribution in [-0.4, -0.2) is 25.7 Å². The van der Waals surface area contributed by atoms with Crippen LogP contribution in [0.4, 0.5) is 0 Å². The summed E-state index contributed by atoms with van der Waals surface area (Å²) in [4.78, 5) is 0. The van der Waals surface area contributed by atoms with Gasteiger partial charge in [-0.05, 0) is 11.8 Å². The topological polar surface area (TPSA) is 30.7 Å². The predicted octanol–water partition coefficient (Wildman–Crippen LogP) is 2.54. The van der Waals surface area contributed by atoms with Gasteiger partial charge in [-0.3, -0.25) is 4.68 Å². The maximum Gasteiger partial charge on any atom is 0.0833 e. The molecule has 0 aliphatic rings. The minimum atomic E-state index is 0.260. The summed E-state index contributed by atoms with van der Waals surface area (Å²) >= 11 is 7.15. The lowest BCUT2D eigenvalue weighted by molar-refractivity contribution is 0.369. The third-order valence-electron chi connectivity index (χ3n) is 2.52. The van der Waals surface area contributed by atoms with E-state index in [-0.39, 0.29) is 5.41 Å². The summed E-state index contributed by atoms with van der Waals surface area (Å²) in [6.45, 7) is 2.21. The molecule has 1 heterocycles. The molecule has 0 atom stereocenters. The molecule has 3 nitrogen and oxygen atoms in total. The molecule has 0 aromatic carbocycles. The molecular weight excluding hydrogens is 310 g/mol. The van der Waals surface area contributed by atoms with Crippen LogP contribution in [0.25, 0.3) is 0 Å². The van der Waals surface area contributed by atoms with Gasteiger partial charge in [0.2, 0.25) is 0 Å². The second kappa shape index (κ2) is 5.26. The first-order valence-corrected chi connectivity index (χ1v) is 6.87. The fourth-order valence-corrected chi connectivity index (χ4v) is 3.42. The van der Waals surface area contributed by atoms with Gasteiger partial charge in [0.25, 0.3) is 0 Å². The molecule has 1 aromatic rings. The van der Waals surface area contributed by atoms with E-state index >= 15 is 0 Å². The number of rotatable bonds is 5. The van der Waals surface area contributed by atoms with E-state index in [1.165, 1.54) is 0 Å². The molecule has 0 saturated heterocycles. The Morgan fingerprint density at radius 2 is 2.07 bits per heavy atom. The van der Waals surface area contributed by atoms with Crippen LogP contribution < -0.4 is 0 Å². The zero-order valence-corrected chi connectivity index (χ0v) is 11.7. The van der Waals surface area contributed by atoms with Crippen molar-refractivity contribution in [2.45, 2.75) is 19.8 Å². The van der Waals surface area contributed by atoms with Crippen LogP contribution in [0.15, 0.2) is 6.20 Å². The molecule has 0 aliphatic heterocycles. The van der Waals surface area contributed by atoms with Crippen LogP contribution in [0.1, 0.15) is 19.0 Å². The molecule has 0 spiro atoms. The standard InChI is InChI=1S/C9H15Br2N3/c1-3-9(6-10,7-11)4-8-5-14(2)13-12-8/h5H,3-4,6-7H2,1-2H3. The molecule has 0 amide bonds. The Morgan fingerprint density at radius 3 is 2.43 bits per heavy atom. The quantitative estimate of drug-likeness (QED) is 0.779. The second-order valence-electron chi connectivity index (χ2n) is 3.68. The smallest absolute Gasteiger partial charge is 0.0833 e. The van der Waals surface area contributed by atoms with E-state index in [9.17, 15) is 0 Å². The molecule has 0 saturated carbocycles. The average Bonchev–Trinajstić information content (AvgIpc) is 2.61. The van der Waals surface area contributed by atoms with Crippen molar-refractivity contribution >= 4 is 31.9 Å². The minimum absolute atomic E-state index is 0.260. The maximum absolute atomic E-state index is 4.12. The Morgan fingerprint density at radius 1 is 1.43 bits per heavy atom. The first kappa shape index (κ1) is 12.2. The molecule has 14 heavy (non-hydrogen) atoms. The molecule has 0 aliphatic carbocycles. The molecule has 80 valence electrons. The van der Waals surface area contributed by atoms with Crippen molar-refractivity contribution in [3.05, 3.63) is 11.9 Å². The normalized spacial score (nSPS) is 12.0. The molecule has 0 unspecified atom stereocenters. The van der Waals surface area contributed by atoms with Crippen LogP contribution >= 0.6 is 31.9 Å². The van der Waals surface area contributed by atoms with E-state index in [4.69, 9.17) is 0 Å². The number of nitrogens with zero attached hydrogens (tertiary/aromatic N) is 3. The summed E-state index contributed by atoms with van der Waals surface area (Å²) in [5.74, 6) is 0. The summed E-state index contributed by atoms with van der Waals surface area (Å²) < 4.78 is 1.75. The molecule has 5 heteroatoms. The summed E-state index contributed by atoms with van der Waals surface area (Å²) in [5, 5.41) is 10.0. The Kier molecular flexibility index (Phi) is 4.57. The molecule has 0 bridgehead atoms. The van der Waals surface area contributed by atoms with E-state index in [1.54, 1.807) is 4.68 Å². The number of aryl methyl sites for hydroxylation is 1. The Bertz CT molecular complexity index is 273. The zero-order valence-electron chi connectivity index (χ0n) is 8.50. The zero-order chi connectivity index (χ0) is 10.6. The van der Waals surface area contributed by atoms with Gasteiger partial charge in [0.05, 0.1) is 5.69 Å². The number of alkyl halides is 2. The van der Waals surface area contributed by atoms with Gasteiger partial charge < -0.3 is 0 Å². The molecule has 0 fully saturated rings. The highest BCUT2D eigenvalue weighted by Gasteiger charge is 2.27. The van der Waals surface area contributed by atoms with Crippen molar-refractivity contribution in [2.24, 2.45) is 12.5 Å². The Balaban J connectivity index is 2.73. The Labute approximate surface area is 102 Å². The van der Waals surface area contributed by atoms with E-state index in [0.29, 0.717) is 0 Å². The average molecular weight is 325 g/mol. The largest absolute Gasteiger partial charge is 0.255 e. The van der Waals surface area contributed by atoms with Crippen LogP contribution in [0.3, 0.4) is 0 Å². The monoisotopic (exact) mass is 323 g/mol. The van der Waals surface area contributed by atoms with Gasteiger partial charge in [-0.25, -0.2) is 0 Å². The number of hydrogen-bond acceptors (Lipinski definition) is 2. The van der Waals surface area contributed by atoms with E-state index in [0.717, 1.165) is 29.2 Å². The summed E-state index contributed by atoms with van der Waals surface area (Å²) in [7, 11) is 1.90. The fraction of sp³-hybridized carbons (Fsp3) is 0.778. The summed E-state index contributed by atoms with van der Waals surface area (Å²) in [5.41, 5.74) is 1.32. The third kappa shape index (κ3) is 2.79. The SMILES string of the molecule is CCC(CBr)(CBr)Cc1cn(C)nn1. The summed E-state index contributed by atoms with van der Waals surface area (Å²) in [6, 6.07) is 0. The van der Waals surface area contributed by atoms with Crippen LogP contribution in [0.2, 0.25) is 0 Å². The van der Waals surface area contributed by atoms with Crippen molar-refractivity contribution in [1.82, 2.24) is 15.0 Å². The van der Waals surface area contributed by atoms with Crippen molar-refractivity contribution < 1.29 is 0 Å². The maximum atomic E-state index is 4.12. The van der Waals surface area contributed by atoms with Gasteiger partial charge in [-0.15, -0.1) is 5.10 Å². The predicted molar refractivity (Wildman–Crippen MR) is 65.0 cm³/mol. The third-order valence-corrected chi connectivity index (χ3v) is 4.90. The van der Waals surface area contributed by atoms with Crippen molar-refractivity contribution in [3.63, 3.8) is 0 Å². The number of halogens is 2. The molecule has 0 N–H and O–H groups in total. The van der Waals surface area contributed by atoms with Gasteiger partial charge in [0, 0.05) is 30.3 Å². The molecule has 1 rings (SSSR count). The van der Waals surface area contributed by atoms with Crippen LogP contribution in [0.5, 0.6) is 0 Å². The highest BCUT2D eigenvalue weighted by Crippen LogP contribution is 2.30. The highest BCUT2D eigenvalue weighted by molar-refractivity contribution is 9.09. The Hall–Kier alpha value is 0.1000. The lowest BCUT2D eigenvalue weighted by Crippen LogP contribution is -2.26. The molecule has 0 radical (unpaired) electrons. The molecule has 1 aromatic heterocycles. The van der Waals surface area contributed by atoms with E-state index in [2.05, 4.69) is 49.1 Å². The van der Waals surface area contributed by atoms with Crippen molar-refractivity contribution in [3.8, 4) is 0 Å². The number of aromatic nitrogens is 3. The molecular formula is C9H15Br2N3. The van der Waals surface area contributed by atoms with Crippen LogP contribution in [-0.2, 0) is 13.5 Å². The first-order valence-electron chi connectivity index (χ1n) is 4.63. The van der Waals surface area contributed by atoms with Crippen molar-refractivity contribution in [2.75, 3.05) is 10.7 Å². The lowest BCUT2D eigenvalue weighted by Gasteiger charge is -2.27. The van der Waals surface area contributed by atoms with E-state index < -0.39 is 0 Å². The van der Waals surface area contributed by atoms with Gasteiger partial charge in [0.15, 0.2) is 0 Å². The second-order valence-corrected chi connectivity index (χ2v) is 4.80.